The molecule has 5 nitrogen and oxygen atoms in total. The van der Waals surface area contributed by atoms with Crippen LogP contribution in [0.15, 0.2) is 24.5 Å². The Morgan fingerprint density at radius 2 is 2.16 bits per heavy atom. The Labute approximate surface area is 112 Å². The minimum absolute atomic E-state index is 0.669. The normalized spacial score (nSPS) is 14.1. The quantitative estimate of drug-likeness (QED) is 0.819. The van der Waals surface area contributed by atoms with Crippen LogP contribution in [-0.2, 0) is 13.0 Å². The zero-order valence-electron chi connectivity index (χ0n) is 11.1. The van der Waals surface area contributed by atoms with Crippen LogP contribution >= 0.6 is 0 Å². The average Bonchev–Trinajstić information content (AvgIpc) is 2.46. The fourth-order valence-corrected chi connectivity index (χ4v) is 2.39. The molecule has 0 fully saturated rings. The molecule has 0 saturated carbocycles. The summed E-state index contributed by atoms with van der Waals surface area (Å²) in [5.74, 6) is 1.67. The molecule has 0 unspecified atom stereocenters. The minimum atomic E-state index is 0.669. The highest BCUT2D eigenvalue weighted by Gasteiger charge is 2.22. The number of ether oxygens (including phenoxy) is 1. The standard InChI is InChI=1S/C14H16N4O/c1-10-4-3-5-13(17-10)18-7-6-12-11(8-18)14(19-2)16-9-15-12/h3-5,9H,6-8H2,1-2H3. The maximum Gasteiger partial charge on any atom is 0.221 e. The van der Waals surface area contributed by atoms with Gasteiger partial charge in [-0.3, -0.25) is 0 Å². The van der Waals surface area contributed by atoms with Crippen molar-refractivity contribution in [3.05, 3.63) is 41.5 Å². The predicted molar refractivity (Wildman–Crippen MR) is 72.3 cm³/mol. The molecule has 1 aliphatic heterocycles. The van der Waals surface area contributed by atoms with Gasteiger partial charge in [0.05, 0.1) is 24.9 Å². The molecule has 0 N–H and O–H groups in total. The Morgan fingerprint density at radius 1 is 1.26 bits per heavy atom. The first-order valence-electron chi connectivity index (χ1n) is 6.33. The summed E-state index contributed by atoms with van der Waals surface area (Å²) >= 11 is 0. The number of rotatable bonds is 2. The molecule has 2 aromatic heterocycles. The van der Waals surface area contributed by atoms with Crippen LogP contribution in [-0.4, -0.2) is 28.6 Å². The van der Waals surface area contributed by atoms with Gasteiger partial charge in [-0.05, 0) is 19.1 Å². The summed E-state index contributed by atoms with van der Waals surface area (Å²) in [5, 5.41) is 0. The zero-order chi connectivity index (χ0) is 13.2. The van der Waals surface area contributed by atoms with E-state index in [1.807, 2.05) is 25.1 Å². The zero-order valence-corrected chi connectivity index (χ0v) is 11.1. The first-order valence-corrected chi connectivity index (χ1v) is 6.33. The van der Waals surface area contributed by atoms with Gasteiger partial charge in [0.15, 0.2) is 0 Å². The molecule has 0 radical (unpaired) electrons. The van der Waals surface area contributed by atoms with E-state index >= 15 is 0 Å². The molecule has 0 saturated heterocycles. The molecule has 0 bridgehead atoms. The number of aryl methyl sites for hydroxylation is 1. The van der Waals surface area contributed by atoms with Gasteiger partial charge in [-0.15, -0.1) is 0 Å². The van der Waals surface area contributed by atoms with Gasteiger partial charge in [-0.2, -0.15) is 0 Å². The Hall–Kier alpha value is -2.17. The fraction of sp³-hybridized carbons (Fsp3) is 0.357. The summed E-state index contributed by atoms with van der Waals surface area (Å²) in [7, 11) is 1.65. The van der Waals surface area contributed by atoms with Crippen LogP contribution in [0.25, 0.3) is 0 Å². The van der Waals surface area contributed by atoms with E-state index in [0.717, 1.165) is 42.3 Å². The van der Waals surface area contributed by atoms with E-state index in [1.54, 1.807) is 13.4 Å². The lowest BCUT2D eigenvalue weighted by molar-refractivity contribution is 0.387. The molecule has 5 heteroatoms. The van der Waals surface area contributed by atoms with Gasteiger partial charge in [-0.25, -0.2) is 15.0 Å². The summed E-state index contributed by atoms with van der Waals surface area (Å²) < 4.78 is 5.32. The lowest BCUT2D eigenvalue weighted by Gasteiger charge is -2.29. The van der Waals surface area contributed by atoms with Crippen LogP contribution in [0.3, 0.4) is 0 Å². The van der Waals surface area contributed by atoms with E-state index in [9.17, 15) is 0 Å². The molecule has 0 aliphatic carbocycles. The molecule has 3 rings (SSSR count). The van der Waals surface area contributed by atoms with Gasteiger partial charge in [0.25, 0.3) is 0 Å². The van der Waals surface area contributed by atoms with Crippen molar-refractivity contribution in [1.82, 2.24) is 15.0 Å². The van der Waals surface area contributed by atoms with Crippen molar-refractivity contribution in [2.24, 2.45) is 0 Å². The van der Waals surface area contributed by atoms with E-state index in [0.29, 0.717) is 5.88 Å². The number of fused-ring (bicyclic) bond motifs is 1. The van der Waals surface area contributed by atoms with E-state index in [1.165, 1.54) is 0 Å². The van der Waals surface area contributed by atoms with Crippen molar-refractivity contribution >= 4 is 5.82 Å². The molecule has 0 amide bonds. The van der Waals surface area contributed by atoms with Gasteiger partial charge in [0.1, 0.15) is 12.1 Å². The third-order valence-corrected chi connectivity index (χ3v) is 3.35. The van der Waals surface area contributed by atoms with E-state index in [4.69, 9.17) is 4.74 Å². The maximum atomic E-state index is 5.32. The SMILES string of the molecule is COc1ncnc2c1CN(c1cccc(C)n1)CC2. The summed E-state index contributed by atoms with van der Waals surface area (Å²) in [6.07, 6.45) is 2.46. The van der Waals surface area contributed by atoms with Crippen LogP contribution in [0.4, 0.5) is 5.82 Å². The molecule has 3 heterocycles. The Kier molecular flexibility index (Phi) is 3.03. The van der Waals surface area contributed by atoms with Crippen molar-refractivity contribution in [2.75, 3.05) is 18.6 Å². The van der Waals surface area contributed by atoms with Gasteiger partial charge in [0.2, 0.25) is 5.88 Å². The Bertz CT molecular complexity index is 585. The number of anilines is 1. The number of nitrogens with zero attached hydrogens (tertiary/aromatic N) is 4. The molecular formula is C14H16N4O. The highest BCUT2D eigenvalue weighted by atomic mass is 16.5. The van der Waals surface area contributed by atoms with Gasteiger partial charge >= 0.3 is 0 Å². The molecule has 0 atom stereocenters. The number of pyridine rings is 1. The van der Waals surface area contributed by atoms with E-state index < -0.39 is 0 Å². The third-order valence-electron chi connectivity index (χ3n) is 3.35. The van der Waals surface area contributed by atoms with E-state index in [-0.39, 0.29) is 0 Å². The number of aromatic nitrogens is 3. The predicted octanol–water partition coefficient (Wildman–Crippen LogP) is 1.75. The van der Waals surface area contributed by atoms with Crippen LogP contribution in [0.1, 0.15) is 17.0 Å². The third kappa shape index (κ3) is 2.23. The summed E-state index contributed by atoms with van der Waals surface area (Å²) in [6.45, 7) is 3.67. The first kappa shape index (κ1) is 11.9. The van der Waals surface area contributed by atoms with Crippen LogP contribution in [0.2, 0.25) is 0 Å². The van der Waals surface area contributed by atoms with Crippen molar-refractivity contribution in [2.45, 2.75) is 19.9 Å². The van der Waals surface area contributed by atoms with Crippen molar-refractivity contribution < 1.29 is 4.74 Å². The number of hydrogen-bond acceptors (Lipinski definition) is 5. The second-order valence-corrected chi connectivity index (χ2v) is 4.62. The minimum Gasteiger partial charge on any atom is -0.481 e. The molecule has 2 aromatic rings. The topological polar surface area (TPSA) is 51.1 Å². The molecule has 0 aromatic carbocycles. The van der Waals surface area contributed by atoms with E-state index in [2.05, 4.69) is 19.9 Å². The fourth-order valence-electron chi connectivity index (χ4n) is 2.39. The smallest absolute Gasteiger partial charge is 0.221 e. The largest absolute Gasteiger partial charge is 0.481 e. The first-order chi connectivity index (χ1) is 9.28. The van der Waals surface area contributed by atoms with Crippen molar-refractivity contribution in [3.63, 3.8) is 0 Å². The summed E-state index contributed by atoms with van der Waals surface area (Å²) in [4.78, 5) is 15.3. The van der Waals surface area contributed by atoms with Gasteiger partial charge in [0, 0.05) is 18.7 Å². The number of methoxy groups -OCH3 is 1. The molecule has 1 aliphatic rings. The van der Waals surface area contributed by atoms with Crippen LogP contribution in [0.5, 0.6) is 5.88 Å². The highest BCUT2D eigenvalue weighted by Crippen LogP contribution is 2.26. The summed E-state index contributed by atoms with van der Waals surface area (Å²) in [6, 6.07) is 6.07. The van der Waals surface area contributed by atoms with Crippen LogP contribution < -0.4 is 9.64 Å². The number of hydrogen-bond donors (Lipinski definition) is 0. The highest BCUT2D eigenvalue weighted by molar-refractivity contribution is 5.45. The van der Waals surface area contributed by atoms with Crippen molar-refractivity contribution in [1.29, 1.82) is 0 Å². The monoisotopic (exact) mass is 256 g/mol. The second-order valence-electron chi connectivity index (χ2n) is 4.62. The summed E-state index contributed by atoms with van der Waals surface area (Å²) in [5.41, 5.74) is 3.18. The molecule has 0 spiro atoms. The molecule has 19 heavy (non-hydrogen) atoms. The Morgan fingerprint density at radius 3 is 2.95 bits per heavy atom. The van der Waals surface area contributed by atoms with Crippen molar-refractivity contribution in [3.8, 4) is 5.88 Å². The lowest BCUT2D eigenvalue weighted by atomic mass is 10.1. The van der Waals surface area contributed by atoms with Gasteiger partial charge in [-0.1, -0.05) is 6.07 Å². The van der Waals surface area contributed by atoms with Crippen LogP contribution in [0, 0.1) is 6.92 Å². The second kappa shape index (κ2) is 4.84. The lowest BCUT2D eigenvalue weighted by Crippen LogP contribution is -2.32. The molecular weight excluding hydrogens is 240 g/mol. The average molecular weight is 256 g/mol. The van der Waals surface area contributed by atoms with Gasteiger partial charge < -0.3 is 9.64 Å². The molecule has 98 valence electrons. The Balaban J connectivity index is 1.93. The maximum absolute atomic E-state index is 5.32.